The van der Waals surface area contributed by atoms with Gasteiger partial charge in [0.25, 0.3) is 0 Å². The Labute approximate surface area is 210 Å². The summed E-state index contributed by atoms with van der Waals surface area (Å²) in [6.45, 7) is 0. The minimum Gasteiger partial charge on any atom is -0.376 e. The van der Waals surface area contributed by atoms with Crippen molar-refractivity contribution in [3.8, 4) is 28.0 Å². The molecule has 3 nitrogen and oxygen atoms in total. The van der Waals surface area contributed by atoms with Gasteiger partial charge < -0.3 is 4.18 Å². The van der Waals surface area contributed by atoms with E-state index < -0.39 is 21.0 Å². The molecule has 1 unspecified atom stereocenters. The highest BCUT2D eigenvalue weighted by molar-refractivity contribution is 7.88. The maximum absolute atomic E-state index is 13.1. The maximum atomic E-state index is 13.1. The Morgan fingerprint density at radius 2 is 1.35 bits per heavy atom. The van der Waals surface area contributed by atoms with Crippen LogP contribution in [0.2, 0.25) is 0 Å². The number of hydrogen-bond donors (Lipinski definition) is 0. The first-order valence-corrected chi connectivity index (χ1v) is 13.0. The van der Waals surface area contributed by atoms with Crippen LogP contribution in [0.1, 0.15) is 22.3 Å². The van der Waals surface area contributed by atoms with Gasteiger partial charge >= 0.3 is 15.6 Å². The standard InChI is InChI=1S/C30H17F3O3S/c31-30(32,33)37(34,35)36-20-14-16-26-24(17-20)22-11-6-7-18-13-15-23-21-10-4-5-12-25(21)29(26,28(23)27(18)22)19-8-2-1-3-9-19/h1-17H. The molecule has 1 atom stereocenters. The smallest absolute Gasteiger partial charge is 0.376 e. The summed E-state index contributed by atoms with van der Waals surface area (Å²) in [5.41, 5.74) is 1.43. The van der Waals surface area contributed by atoms with Crippen LogP contribution in [0.4, 0.5) is 13.2 Å². The van der Waals surface area contributed by atoms with Crippen LogP contribution in [0.5, 0.6) is 5.75 Å². The van der Waals surface area contributed by atoms with E-state index in [-0.39, 0.29) is 5.75 Å². The van der Waals surface area contributed by atoms with Gasteiger partial charge in [0.1, 0.15) is 5.75 Å². The molecule has 0 saturated carbocycles. The van der Waals surface area contributed by atoms with Crippen molar-refractivity contribution in [2.45, 2.75) is 10.9 Å². The molecule has 0 radical (unpaired) electrons. The van der Waals surface area contributed by atoms with Crippen molar-refractivity contribution in [2.24, 2.45) is 0 Å². The molecule has 2 aliphatic carbocycles. The minimum atomic E-state index is -5.81. The average Bonchev–Trinajstić information content (AvgIpc) is 3.20. The number of benzene rings is 5. The molecule has 182 valence electrons. The molecule has 0 saturated heterocycles. The predicted octanol–water partition coefficient (Wildman–Crippen LogP) is 7.41. The fourth-order valence-electron chi connectivity index (χ4n) is 6.12. The number of rotatable bonds is 3. The van der Waals surface area contributed by atoms with Gasteiger partial charge in [-0.1, -0.05) is 91.0 Å². The van der Waals surface area contributed by atoms with Crippen LogP contribution in [0.15, 0.2) is 103 Å². The molecule has 37 heavy (non-hydrogen) atoms. The lowest BCUT2D eigenvalue weighted by molar-refractivity contribution is -0.0500. The van der Waals surface area contributed by atoms with Gasteiger partial charge in [0, 0.05) is 0 Å². The van der Waals surface area contributed by atoms with Gasteiger partial charge in [0.15, 0.2) is 0 Å². The van der Waals surface area contributed by atoms with E-state index in [2.05, 4.69) is 40.6 Å². The fourth-order valence-corrected chi connectivity index (χ4v) is 6.57. The molecule has 7 rings (SSSR count). The normalized spacial score (nSPS) is 17.4. The molecule has 7 heteroatoms. The van der Waals surface area contributed by atoms with E-state index in [9.17, 15) is 21.6 Å². The quantitative estimate of drug-likeness (QED) is 0.182. The van der Waals surface area contributed by atoms with E-state index in [1.165, 1.54) is 12.1 Å². The van der Waals surface area contributed by atoms with Gasteiger partial charge in [-0.2, -0.15) is 21.6 Å². The van der Waals surface area contributed by atoms with Crippen LogP contribution >= 0.6 is 0 Å². The summed E-state index contributed by atoms with van der Waals surface area (Å²) in [5.74, 6) is -0.387. The van der Waals surface area contributed by atoms with Crippen molar-refractivity contribution in [3.63, 3.8) is 0 Å². The maximum Gasteiger partial charge on any atom is 0.534 e. The van der Waals surface area contributed by atoms with Crippen LogP contribution in [0.3, 0.4) is 0 Å². The number of hydrogen-bond acceptors (Lipinski definition) is 3. The van der Waals surface area contributed by atoms with Crippen molar-refractivity contribution in [3.05, 3.63) is 125 Å². The summed E-state index contributed by atoms with van der Waals surface area (Å²) in [4.78, 5) is 0. The highest BCUT2D eigenvalue weighted by Crippen LogP contribution is 2.63. The molecule has 0 bridgehead atoms. The van der Waals surface area contributed by atoms with E-state index in [0.29, 0.717) is 5.56 Å². The Morgan fingerprint density at radius 1 is 0.649 bits per heavy atom. The molecular weight excluding hydrogens is 497 g/mol. The van der Waals surface area contributed by atoms with Crippen molar-refractivity contribution in [2.75, 3.05) is 0 Å². The highest BCUT2D eigenvalue weighted by Gasteiger charge is 2.51. The molecule has 0 N–H and O–H groups in total. The average molecular weight is 515 g/mol. The minimum absolute atomic E-state index is 0.387. The Bertz CT molecular complexity index is 1860. The second kappa shape index (κ2) is 7.23. The number of alkyl halides is 3. The van der Waals surface area contributed by atoms with Crippen molar-refractivity contribution < 1.29 is 25.8 Å². The summed E-state index contributed by atoms with van der Waals surface area (Å²) in [6, 6.07) is 32.6. The van der Waals surface area contributed by atoms with Gasteiger partial charge in [-0.25, -0.2) is 0 Å². The summed E-state index contributed by atoms with van der Waals surface area (Å²) in [5, 5.41) is 1.98. The Hall–Kier alpha value is -4.10. The third kappa shape index (κ3) is 2.80. The third-order valence-corrected chi connectivity index (χ3v) is 8.40. The van der Waals surface area contributed by atoms with Gasteiger partial charge in [-0.3, -0.25) is 0 Å². The third-order valence-electron chi connectivity index (χ3n) is 7.42. The predicted molar refractivity (Wildman–Crippen MR) is 136 cm³/mol. The van der Waals surface area contributed by atoms with E-state index in [4.69, 9.17) is 0 Å². The number of fused-ring (bicyclic) bond motifs is 6. The second-order valence-corrected chi connectivity index (χ2v) is 10.8. The van der Waals surface area contributed by atoms with Gasteiger partial charge in [0.05, 0.1) is 5.41 Å². The van der Waals surface area contributed by atoms with E-state index in [1.54, 1.807) is 6.07 Å². The topological polar surface area (TPSA) is 43.4 Å². The fraction of sp³-hybridized carbons (Fsp3) is 0.0667. The van der Waals surface area contributed by atoms with E-state index >= 15 is 0 Å². The van der Waals surface area contributed by atoms with Crippen LogP contribution in [-0.2, 0) is 15.5 Å². The zero-order chi connectivity index (χ0) is 25.6. The zero-order valence-electron chi connectivity index (χ0n) is 19.1. The Kier molecular flexibility index (Phi) is 4.32. The zero-order valence-corrected chi connectivity index (χ0v) is 19.9. The van der Waals surface area contributed by atoms with Crippen molar-refractivity contribution in [1.29, 1.82) is 0 Å². The van der Waals surface area contributed by atoms with E-state index in [0.717, 1.165) is 49.7 Å². The first kappa shape index (κ1) is 22.1. The summed E-state index contributed by atoms with van der Waals surface area (Å²) in [6.07, 6.45) is 0. The van der Waals surface area contributed by atoms with Crippen molar-refractivity contribution in [1.82, 2.24) is 0 Å². The SMILES string of the molecule is O=S(=O)(Oc1ccc2c(c1)-c1cccc3ccc4c(c13)C2(c1ccccc1)c1ccccc1-4)C(F)(F)F. The van der Waals surface area contributed by atoms with Crippen molar-refractivity contribution >= 4 is 20.9 Å². The summed E-state index contributed by atoms with van der Waals surface area (Å²) in [7, 11) is -5.81. The lowest BCUT2D eigenvalue weighted by atomic mass is 9.62. The molecule has 0 aromatic heterocycles. The molecule has 0 fully saturated rings. The molecule has 0 amide bonds. The molecule has 5 aromatic rings. The molecule has 0 spiro atoms. The van der Waals surface area contributed by atoms with E-state index in [1.807, 2.05) is 48.5 Å². The first-order chi connectivity index (χ1) is 17.7. The Balaban J connectivity index is 1.63. The molecular formula is C30H17F3O3S. The van der Waals surface area contributed by atoms with Crippen LogP contribution in [0.25, 0.3) is 33.0 Å². The lowest BCUT2D eigenvalue weighted by Gasteiger charge is -2.39. The highest BCUT2D eigenvalue weighted by atomic mass is 32.2. The molecule has 0 heterocycles. The van der Waals surface area contributed by atoms with Gasteiger partial charge in [-0.15, -0.1) is 0 Å². The first-order valence-electron chi connectivity index (χ1n) is 11.6. The summed E-state index contributed by atoms with van der Waals surface area (Å²) >= 11 is 0. The van der Waals surface area contributed by atoms with Crippen LogP contribution in [0, 0.1) is 0 Å². The monoisotopic (exact) mass is 514 g/mol. The summed E-state index contributed by atoms with van der Waals surface area (Å²) < 4.78 is 67.5. The lowest BCUT2D eigenvalue weighted by Crippen LogP contribution is -2.32. The van der Waals surface area contributed by atoms with Crippen LogP contribution < -0.4 is 4.18 Å². The largest absolute Gasteiger partial charge is 0.534 e. The molecule has 0 aliphatic heterocycles. The van der Waals surface area contributed by atoms with Crippen LogP contribution in [-0.4, -0.2) is 13.9 Å². The Morgan fingerprint density at radius 3 is 2.14 bits per heavy atom. The van der Waals surface area contributed by atoms with Gasteiger partial charge in [-0.05, 0) is 67.4 Å². The molecule has 2 aliphatic rings. The molecule has 5 aromatic carbocycles. The second-order valence-electron chi connectivity index (χ2n) is 9.24. The van der Waals surface area contributed by atoms with Gasteiger partial charge in [0.2, 0.25) is 0 Å². The number of halogens is 3.